The number of aliphatic hydroxyl groups is 1. The maximum atomic E-state index is 12.9. The Morgan fingerprint density at radius 1 is 0.522 bits per heavy atom. The summed E-state index contributed by atoms with van der Waals surface area (Å²) in [5.41, 5.74) is 0. The number of aliphatic hydroxyl groups excluding tert-OH is 1. The fourth-order valence-corrected chi connectivity index (χ4v) is 9.26. The normalized spacial score (nSPS) is 14.2. The molecule has 0 fully saturated rings. The molecule has 0 saturated heterocycles. The Kier molecular flexibility index (Phi) is 48.7. The predicted molar refractivity (Wildman–Crippen MR) is 288 cm³/mol. The monoisotopic (exact) mass is 965 g/mol. The van der Waals surface area contributed by atoms with Gasteiger partial charge in [-0.15, -0.1) is 0 Å². The lowest BCUT2D eigenvalue weighted by molar-refractivity contribution is -0.870. The van der Waals surface area contributed by atoms with Gasteiger partial charge in [0.05, 0.1) is 39.9 Å². The molecule has 0 rings (SSSR count). The van der Waals surface area contributed by atoms with E-state index in [0.29, 0.717) is 17.4 Å². The molecule has 0 aliphatic rings. The number of amides is 1. The average molecular weight is 966 g/mol. The lowest BCUT2D eigenvalue weighted by Gasteiger charge is -2.29. The Bertz CT molecular complexity index is 1190. The largest absolute Gasteiger partial charge is 0.756 e. The van der Waals surface area contributed by atoms with Crippen LogP contribution in [0.1, 0.15) is 277 Å². The number of rotatable bonds is 53. The molecular weight excluding hydrogens is 852 g/mol. The first kappa shape index (κ1) is 65.7. The number of phosphoric ester groups is 1. The first-order valence-electron chi connectivity index (χ1n) is 28.9. The first-order valence-corrected chi connectivity index (χ1v) is 30.3. The van der Waals surface area contributed by atoms with E-state index in [9.17, 15) is 19.4 Å². The van der Waals surface area contributed by atoms with E-state index in [0.717, 1.165) is 51.4 Å². The molecule has 2 N–H and O–H groups in total. The topological polar surface area (TPSA) is 108 Å². The van der Waals surface area contributed by atoms with Crippen molar-refractivity contribution in [3.63, 3.8) is 0 Å². The van der Waals surface area contributed by atoms with Gasteiger partial charge in [0.25, 0.3) is 7.82 Å². The minimum atomic E-state index is -4.60. The minimum absolute atomic E-state index is 0.00242. The van der Waals surface area contributed by atoms with E-state index >= 15 is 0 Å². The number of carbonyl (C=O) groups is 1. The highest BCUT2D eigenvalue weighted by Gasteiger charge is 2.23. The number of hydrogen-bond acceptors (Lipinski definition) is 6. The Hall–Kier alpha value is -1.28. The van der Waals surface area contributed by atoms with Gasteiger partial charge in [-0.1, -0.05) is 256 Å². The smallest absolute Gasteiger partial charge is 0.268 e. The van der Waals surface area contributed by atoms with Crippen LogP contribution in [0.5, 0.6) is 0 Å². The van der Waals surface area contributed by atoms with Gasteiger partial charge in [-0.05, 0) is 51.4 Å². The maximum Gasteiger partial charge on any atom is 0.268 e. The van der Waals surface area contributed by atoms with Crippen molar-refractivity contribution < 1.29 is 32.9 Å². The molecule has 0 aromatic carbocycles. The van der Waals surface area contributed by atoms with Crippen molar-refractivity contribution in [1.82, 2.24) is 5.32 Å². The van der Waals surface area contributed by atoms with Crippen molar-refractivity contribution >= 4 is 13.7 Å². The number of phosphoric acid groups is 1. The molecule has 67 heavy (non-hydrogen) atoms. The molecule has 8 nitrogen and oxygen atoms in total. The number of quaternary nitrogens is 1. The van der Waals surface area contributed by atoms with Crippen LogP contribution in [0.25, 0.3) is 0 Å². The zero-order chi connectivity index (χ0) is 49.2. The molecule has 0 aliphatic heterocycles. The number of nitrogens with zero attached hydrogens (tertiary/aromatic N) is 1. The Labute approximate surface area is 417 Å². The van der Waals surface area contributed by atoms with E-state index in [1.807, 2.05) is 27.2 Å². The molecule has 396 valence electrons. The number of unbranched alkanes of at least 4 members (excludes halogenated alkanes) is 36. The fourth-order valence-electron chi connectivity index (χ4n) is 8.54. The summed E-state index contributed by atoms with van der Waals surface area (Å²) < 4.78 is 23.3. The third-order valence-electron chi connectivity index (χ3n) is 13.1. The van der Waals surface area contributed by atoms with Crippen molar-refractivity contribution in [3.8, 4) is 0 Å². The minimum Gasteiger partial charge on any atom is -0.756 e. The summed E-state index contributed by atoms with van der Waals surface area (Å²) >= 11 is 0. The van der Waals surface area contributed by atoms with Gasteiger partial charge in [0.2, 0.25) is 5.91 Å². The summed E-state index contributed by atoms with van der Waals surface area (Å²) in [5, 5.41) is 13.9. The summed E-state index contributed by atoms with van der Waals surface area (Å²) in [5.74, 6) is -0.203. The Morgan fingerprint density at radius 2 is 0.866 bits per heavy atom. The van der Waals surface area contributed by atoms with Crippen molar-refractivity contribution in [3.05, 3.63) is 36.5 Å². The first-order chi connectivity index (χ1) is 32.5. The van der Waals surface area contributed by atoms with Crippen LogP contribution >= 0.6 is 7.82 Å². The van der Waals surface area contributed by atoms with E-state index in [4.69, 9.17) is 9.05 Å². The summed E-state index contributed by atoms with van der Waals surface area (Å²) in [6.07, 6.45) is 63.6. The van der Waals surface area contributed by atoms with Crippen LogP contribution < -0.4 is 10.2 Å². The second-order valence-corrected chi connectivity index (χ2v) is 22.4. The molecule has 0 saturated carbocycles. The third-order valence-corrected chi connectivity index (χ3v) is 14.1. The van der Waals surface area contributed by atoms with Gasteiger partial charge in [0, 0.05) is 6.42 Å². The highest BCUT2D eigenvalue weighted by molar-refractivity contribution is 7.45. The van der Waals surface area contributed by atoms with E-state index < -0.39 is 20.0 Å². The number of allylic oxidation sites excluding steroid dienone is 5. The second kappa shape index (κ2) is 49.7. The van der Waals surface area contributed by atoms with E-state index in [1.165, 1.54) is 205 Å². The van der Waals surface area contributed by atoms with E-state index in [1.54, 1.807) is 6.08 Å². The van der Waals surface area contributed by atoms with Crippen LogP contribution in [0.2, 0.25) is 0 Å². The zero-order valence-electron chi connectivity index (χ0n) is 45.1. The lowest BCUT2D eigenvalue weighted by Crippen LogP contribution is -2.45. The lowest BCUT2D eigenvalue weighted by atomic mass is 10.0. The van der Waals surface area contributed by atoms with Gasteiger partial charge in [-0.25, -0.2) is 0 Å². The molecule has 0 aromatic heterocycles. The van der Waals surface area contributed by atoms with Crippen LogP contribution in [-0.2, 0) is 18.4 Å². The summed E-state index contributed by atoms with van der Waals surface area (Å²) in [6, 6.07) is -0.891. The average Bonchev–Trinajstić information content (AvgIpc) is 3.29. The Morgan fingerprint density at radius 3 is 1.27 bits per heavy atom. The zero-order valence-corrected chi connectivity index (χ0v) is 46.0. The van der Waals surface area contributed by atoms with E-state index in [-0.39, 0.29) is 19.1 Å². The predicted octanol–water partition coefficient (Wildman–Crippen LogP) is 16.7. The molecule has 1 amide bonds. The molecule has 9 heteroatoms. The molecule has 0 bridgehead atoms. The fraction of sp³-hybridized carbons (Fsp3) is 0.879. The SMILES string of the molecule is CCCCC/C=C\C/C=C\CCCCCCCCCC(=O)NC(COP(=O)([O-])OCC[N+](C)(C)C)C(O)/C=C/CCCCCCCCCCCCCCCCCCCCCCCCCCCC. The van der Waals surface area contributed by atoms with Crippen molar-refractivity contribution in [2.75, 3.05) is 40.9 Å². The van der Waals surface area contributed by atoms with Crippen LogP contribution in [0, 0.1) is 0 Å². The maximum absolute atomic E-state index is 12.9. The quantitative estimate of drug-likeness (QED) is 0.0272. The molecule has 3 unspecified atom stereocenters. The Balaban J connectivity index is 4.17. The molecule has 0 spiro atoms. The number of nitrogens with one attached hydrogen (secondary N) is 1. The number of hydrogen-bond donors (Lipinski definition) is 2. The second-order valence-electron chi connectivity index (χ2n) is 21.0. The van der Waals surface area contributed by atoms with E-state index in [2.05, 4.69) is 43.5 Å². The molecule has 0 radical (unpaired) electrons. The molecule has 0 aliphatic carbocycles. The number of carbonyl (C=O) groups excluding carboxylic acids is 1. The molecule has 3 atom stereocenters. The van der Waals surface area contributed by atoms with Crippen molar-refractivity contribution in [1.29, 1.82) is 0 Å². The summed E-state index contributed by atoms with van der Waals surface area (Å²) in [4.78, 5) is 25.5. The van der Waals surface area contributed by atoms with Gasteiger partial charge in [0.15, 0.2) is 0 Å². The number of likely N-dealkylation sites (N-methyl/N-ethyl adjacent to an activating group) is 1. The van der Waals surface area contributed by atoms with Gasteiger partial charge >= 0.3 is 0 Å². The van der Waals surface area contributed by atoms with Gasteiger partial charge in [0.1, 0.15) is 13.2 Å². The van der Waals surface area contributed by atoms with Gasteiger partial charge in [-0.3, -0.25) is 9.36 Å². The highest BCUT2D eigenvalue weighted by atomic mass is 31.2. The van der Waals surface area contributed by atoms with Crippen LogP contribution in [0.4, 0.5) is 0 Å². The highest BCUT2D eigenvalue weighted by Crippen LogP contribution is 2.38. The molecular formula is C58H113N2O6P. The van der Waals surface area contributed by atoms with Crippen LogP contribution in [0.3, 0.4) is 0 Å². The third kappa shape index (κ3) is 52.4. The summed E-state index contributed by atoms with van der Waals surface area (Å²) in [6.45, 7) is 4.65. The molecule has 0 aromatic rings. The van der Waals surface area contributed by atoms with Crippen molar-refractivity contribution in [2.45, 2.75) is 289 Å². The van der Waals surface area contributed by atoms with Gasteiger partial charge < -0.3 is 28.8 Å². The van der Waals surface area contributed by atoms with Crippen LogP contribution in [-0.4, -0.2) is 68.5 Å². The van der Waals surface area contributed by atoms with Crippen molar-refractivity contribution in [2.24, 2.45) is 0 Å². The standard InChI is InChI=1S/C58H113N2O6P/c1-6-8-10-12-14-16-18-20-22-24-25-26-27-28-29-30-31-32-33-34-36-37-39-41-43-45-47-49-51-57(61)56(55-66-67(63,64)65-54-53-60(3,4)5)59-58(62)52-50-48-46-44-42-40-38-35-23-21-19-17-15-13-11-9-7-2/h15,17,21,23,49,51,56-57,61H,6-14,16,18-20,22,24-48,50,52-55H2,1-5H3,(H-,59,62,63,64)/b17-15-,23-21-,51-49+. The summed E-state index contributed by atoms with van der Waals surface area (Å²) in [7, 11) is 1.26. The van der Waals surface area contributed by atoms with Gasteiger partial charge in [-0.2, -0.15) is 0 Å². The van der Waals surface area contributed by atoms with Crippen LogP contribution in [0.15, 0.2) is 36.5 Å². The molecule has 0 heterocycles.